The lowest BCUT2D eigenvalue weighted by Crippen LogP contribution is -2.40. The molecule has 2 rings (SSSR count). The van der Waals surface area contributed by atoms with E-state index < -0.39 is 0 Å². The summed E-state index contributed by atoms with van der Waals surface area (Å²) in [6, 6.07) is 4.00. The van der Waals surface area contributed by atoms with E-state index in [1.54, 1.807) is 6.07 Å². The number of furan rings is 1. The Balaban J connectivity index is 1.80. The van der Waals surface area contributed by atoms with Crippen molar-refractivity contribution >= 4 is 5.91 Å². The van der Waals surface area contributed by atoms with E-state index in [0.29, 0.717) is 18.3 Å². The van der Waals surface area contributed by atoms with Crippen molar-refractivity contribution in [1.82, 2.24) is 10.2 Å². The first-order chi connectivity index (χ1) is 8.70. The second-order valence-corrected chi connectivity index (χ2v) is 4.92. The van der Waals surface area contributed by atoms with Crippen LogP contribution in [0.15, 0.2) is 16.5 Å². The molecule has 1 aromatic rings. The van der Waals surface area contributed by atoms with Crippen LogP contribution >= 0.6 is 0 Å². The number of aryl methyl sites for hydroxylation is 1. The molecule has 0 saturated carbocycles. The van der Waals surface area contributed by atoms with Gasteiger partial charge in [0.05, 0.1) is 0 Å². The lowest BCUT2D eigenvalue weighted by molar-refractivity contribution is 0.0911. The number of carbonyl (C=O) groups is 1. The third-order valence-corrected chi connectivity index (χ3v) is 3.56. The summed E-state index contributed by atoms with van der Waals surface area (Å²) >= 11 is 0. The third kappa shape index (κ3) is 3.13. The summed E-state index contributed by atoms with van der Waals surface area (Å²) in [6.07, 6.45) is 3.37. The number of nitrogens with one attached hydrogen (secondary N) is 1. The van der Waals surface area contributed by atoms with Gasteiger partial charge in [-0.25, -0.2) is 0 Å². The van der Waals surface area contributed by atoms with E-state index in [0.717, 1.165) is 25.3 Å². The number of hydrogen-bond donors (Lipinski definition) is 1. The maximum absolute atomic E-state index is 11.9. The number of carbonyl (C=O) groups excluding carboxylic acids is 1. The molecule has 1 aromatic heterocycles. The molecule has 0 spiro atoms. The van der Waals surface area contributed by atoms with Crippen LogP contribution in [-0.2, 0) is 6.42 Å². The van der Waals surface area contributed by atoms with Gasteiger partial charge in [-0.2, -0.15) is 0 Å². The summed E-state index contributed by atoms with van der Waals surface area (Å²) in [7, 11) is 0. The minimum atomic E-state index is -0.110. The molecule has 1 unspecified atom stereocenters. The SMILES string of the molecule is CCc1ccc(C(=O)NCC(C)N2CCCC2)o1. The highest BCUT2D eigenvalue weighted by atomic mass is 16.3. The van der Waals surface area contributed by atoms with E-state index in [2.05, 4.69) is 17.1 Å². The van der Waals surface area contributed by atoms with Crippen molar-refractivity contribution in [2.75, 3.05) is 19.6 Å². The molecule has 0 radical (unpaired) electrons. The van der Waals surface area contributed by atoms with Crippen molar-refractivity contribution in [3.05, 3.63) is 23.7 Å². The van der Waals surface area contributed by atoms with Crippen molar-refractivity contribution < 1.29 is 9.21 Å². The Morgan fingerprint density at radius 2 is 2.17 bits per heavy atom. The summed E-state index contributed by atoms with van der Waals surface area (Å²) in [5, 5.41) is 2.94. The van der Waals surface area contributed by atoms with Crippen LogP contribution < -0.4 is 5.32 Å². The van der Waals surface area contributed by atoms with Gasteiger partial charge in [-0.05, 0) is 45.0 Å². The highest BCUT2D eigenvalue weighted by molar-refractivity contribution is 5.91. The molecule has 1 N–H and O–H groups in total. The Hall–Kier alpha value is -1.29. The first-order valence-corrected chi connectivity index (χ1v) is 6.81. The van der Waals surface area contributed by atoms with E-state index in [9.17, 15) is 4.79 Å². The van der Waals surface area contributed by atoms with E-state index in [4.69, 9.17) is 4.42 Å². The highest BCUT2D eigenvalue weighted by Crippen LogP contribution is 2.11. The molecular weight excluding hydrogens is 228 g/mol. The molecule has 1 aliphatic heterocycles. The predicted octanol–water partition coefficient (Wildman–Crippen LogP) is 2.06. The minimum absolute atomic E-state index is 0.110. The van der Waals surface area contributed by atoms with Gasteiger partial charge in [-0.1, -0.05) is 6.92 Å². The Morgan fingerprint density at radius 3 is 2.78 bits per heavy atom. The van der Waals surface area contributed by atoms with Gasteiger partial charge in [0.25, 0.3) is 5.91 Å². The van der Waals surface area contributed by atoms with Crippen molar-refractivity contribution in [3.8, 4) is 0 Å². The molecule has 100 valence electrons. The second kappa shape index (κ2) is 6.05. The quantitative estimate of drug-likeness (QED) is 0.870. The van der Waals surface area contributed by atoms with Crippen molar-refractivity contribution in [3.63, 3.8) is 0 Å². The van der Waals surface area contributed by atoms with Gasteiger partial charge in [0.2, 0.25) is 0 Å². The highest BCUT2D eigenvalue weighted by Gasteiger charge is 2.19. The van der Waals surface area contributed by atoms with E-state index >= 15 is 0 Å². The van der Waals surface area contributed by atoms with Crippen LogP contribution in [0.2, 0.25) is 0 Å². The van der Waals surface area contributed by atoms with Crippen LogP contribution in [0.3, 0.4) is 0 Å². The Labute approximate surface area is 108 Å². The average Bonchev–Trinajstić information content (AvgIpc) is 3.05. The smallest absolute Gasteiger partial charge is 0.287 e. The summed E-state index contributed by atoms with van der Waals surface area (Å²) in [4.78, 5) is 14.3. The first-order valence-electron chi connectivity index (χ1n) is 6.81. The fourth-order valence-electron chi connectivity index (χ4n) is 2.33. The monoisotopic (exact) mass is 250 g/mol. The van der Waals surface area contributed by atoms with Crippen molar-refractivity contribution in [2.24, 2.45) is 0 Å². The maximum Gasteiger partial charge on any atom is 0.287 e. The van der Waals surface area contributed by atoms with Crippen LogP contribution in [-0.4, -0.2) is 36.5 Å². The van der Waals surface area contributed by atoms with Gasteiger partial charge >= 0.3 is 0 Å². The van der Waals surface area contributed by atoms with Crippen LogP contribution in [0, 0.1) is 0 Å². The molecule has 1 aliphatic rings. The molecule has 1 amide bonds. The Kier molecular flexibility index (Phi) is 4.42. The van der Waals surface area contributed by atoms with E-state index in [1.807, 2.05) is 13.0 Å². The topological polar surface area (TPSA) is 45.5 Å². The lowest BCUT2D eigenvalue weighted by Gasteiger charge is -2.23. The number of rotatable bonds is 5. The summed E-state index contributed by atoms with van der Waals surface area (Å²) in [5.74, 6) is 1.16. The Morgan fingerprint density at radius 1 is 1.44 bits per heavy atom. The molecule has 4 heteroatoms. The number of hydrogen-bond acceptors (Lipinski definition) is 3. The largest absolute Gasteiger partial charge is 0.456 e. The summed E-state index contributed by atoms with van der Waals surface area (Å²) in [5.41, 5.74) is 0. The average molecular weight is 250 g/mol. The predicted molar refractivity (Wildman–Crippen MR) is 70.7 cm³/mol. The first kappa shape index (κ1) is 13.1. The van der Waals surface area contributed by atoms with Gasteiger partial charge in [0, 0.05) is 19.0 Å². The van der Waals surface area contributed by atoms with Crippen LogP contribution in [0.4, 0.5) is 0 Å². The molecule has 0 bridgehead atoms. The normalized spacial score (nSPS) is 17.9. The van der Waals surface area contributed by atoms with Gasteiger partial charge in [-0.3, -0.25) is 9.69 Å². The molecule has 2 heterocycles. The molecule has 1 fully saturated rings. The number of nitrogens with zero attached hydrogens (tertiary/aromatic N) is 1. The zero-order chi connectivity index (χ0) is 13.0. The van der Waals surface area contributed by atoms with Crippen LogP contribution in [0.5, 0.6) is 0 Å². The van der Waals surface area contributed by atoms with Crippen molar-refractivity contribution in [2.45, 2.75) is 39.2 Å². The second-order valence-electron chi connectivity index (χ2n) is 4.92. The van der Waals surface area contributed by atoms with Gasteiger partial charge in [-0.15, -0.1) is 0 Å². The zero-order valence-corrected chi connectivity index (χ0v) is 11.2. The fraction of sp³-hybridized carbons (Fsp3) is 0.643. The zero-order valence-electron chi connectivity index (χ0n) is 11.2. The summed E-state index contributed by atoms with van der Waals surface area (Å²) < 4.78 is 5.43. The molecule has 0 aliphatic carbocycles. The lowest BCUT2D eigenvalue weighted by atomic mass is 10.3. The number of likely N-dealkylation sites (tertiary alicyclic amines) is 1. The standard InChI is InChI=1S/C14H22N2O2/c1-3-12-6-7-13(18-12)14(17)15-10-11(2)16-8-4-5-9-16/h6-7,11H,3-5,8-10H2,1-2H3,(H,15,17). The molecule has 18 heavy (non-hydrogen) atoms. The van der Waals surface area contributed by atoms with E-state index in [1.165, 1.54) is 12.8 Å². The molecule has 1 saturated heterocycles. The number of amides is 1. The maximum atomic E-state index is 11.9. The van der Waals surface area contributed by atoms with Crippen molar-refractivity contribution in [1.29, 1.82) is 0 Å². The third-order valence-electron chi connectivity index (χ3n) is 3.56. The van der Waals surface area contributed by atoms with E-state index in [-0.39, 0.29) is 5.91 Å². The molecule has 1 atom stereocenters. The Bertz CT molecular complexity index is 394. The van der Waals surface area contributed by atoms with Crippen LogP contribution in [0.25, 0.3) is 0 Å². The van der Waals surface area contributed by atoms with Gasteiger partial charge in [0.1, 0.15) is 5.76 Å². The minimum Gasteiger partial charge on any atom is -0.456 e. The fourth-order valence-corrected chi connectivity index (χ4v) is 2.33. The molecule has 0 aromatic carbocycles. The van der Waals surface area contributed by atoms with Gasteiger partial charge in [0.15, 0.2) is 5.76 Å². The molecular formula is C14H22N2O2. The van der Waals surface area contributed by atoms with Gasteiger partial charge < -0.3 is 9.73 Å². The van der Waals surface area contributed by atoms with Crippen LogP contribution in [0.1, 0.15) is 43.0 Å². The molecule has 4 nitrogen and oxygen atoms in total. The summed E-state index contributed by atoms with van der Waals surface area (Å²) in [6.45, 7) is 7.15.